The molecule has 0 atom stereocenters. The minimum absolute atomic E-state index is 0.0545. The Labute approximate surface area is 104 Å². The summed E-state index contributed by atoms with van der Waals surface area (Å²) < 4.78 is 7.11. The zero-order valence-corrected chi connectivity index (χ0v) is 9.83. The van der Waals surface area contributed by atoms with Gasteiger partial charge in [0.15, 0.2) is 5.75 Å². The lowest BCUT2D eigenvalue weighted by Crippen LogP contribution is -2.05. The predicted octanol–water partition coefficient (Wildman–Crippen LogP) is 1.28. The molecular formula is C12H13N3O3. The maximum Gasteiger partial charge on any atom is 0.339 e. The van der Waals surface area contributed by atoms with Crippen LogP contribution in [0.2, 0.25) is 0 Å². The lowest BCUT2D eigenvalue weighted by Gasteiger charge is -2.10. The lowest BCUT2D eigenvalue weighted by molar-refractivity contribution is 0.0692. The highest BCUT2D eigenvalue weighted by atomic mass is 16.5. The quantitative estimate of drug-likeness (QED) is 0.794. The Balaban J connectivity index is 2.20. The first kappa shape index (κ1) is 12.0. The fourth-order valence-corrected chi connectivity index (χ4v) is 1.59. The van der Waals surface area contributed by atoms with Crippen LogP contribution in [0.4, 0.5) is 5.69 Å². The van der Waals surface area contributed by atoms with Crippen molar-refractivity contribution in [2.24, 2.45) is 7.05 Å². The minimum atomic E-state index is -1.07. The highest BCUT2D eigenvalue weighted by molar-refractivity contribution is 5.93. The molecule has 94 valence electrons. The van der Waals surface area contributed by atoms with Crippen molar-refractivity contribution in [3.8, 4) is 5.75 Å². The summed E-state index contributed by atoms with van der Waals surface area (Å²) in [6.45, 7) is 0.225. The van der Waals surface area contributed by atoms with E-state index in [0.29, 0.717) is 5.69 Å². The number of nitrogens with two attached hydrogens (primary N) is 1. The van der Waals surface area contributed by atoms with Crippen LogP contribution in [0, 0.1) is 0 Å². The topological polar surface area (TPSA) is 90.4 Å². The molecule has 0 aliphatic carbocycles. The zero-order valence-electron chi connectivity index (χ0n) is 9.83. The number of carboxylic acids is 1. The summed E-state index contributed by atoms with van der Waals surface area (Å²) in [5.74, 6) is -0.877. The Kier molecular flexibility index (Phi) is 3.18. The summed E-state index contributed by atoms with van der Waals surface area (Å²) in [5.41, 5.74) is 6.92. The number of hydrogen-bond donors (Lipinski definition) is 2. The minimum Gasteiger partial charge on any atom is -0.486 e. The van der Waals surface area contributed by atoms with Gasteiger partial charge in [0.05, 0.1) is 11.9 Å². The summed E-state index contributed by atoms with van der Waals surface area (Å²) in [5, 5.41) is 13.0. The van der Waals surface area contributed by atoms with Crippen LogP contribution in [0.25, 0.3) is 0 Å². The van der Waals surface area contributed by atoms with Gasteiger partial charge in [0, 0.05) is 18.8 Å². The number of anilines is 1. The maximum absolute atomic E-state index is 11.0. The van der Waals surface area contributed by atoms with Crippen LogP contribution < -0.4 is 10.5 Å². The van der Waals surface area contributed by atoms with Gasteiger partial charge in [-0.2, -0.15) is 5.10 Å². The molecule has 0 saturated carbocycles. The zero-order chi connectivity index (χ0) is 13.1. The lowest BCUT2D eigenvalue weighted by atomic mass is 10.2. The van der Waals surface area contributed by atoms with Gasteiger partial charge >= 0.3 is 5.97 Å². The number of hydrogen-bond acceptors (Lipinski definition) is 4. The summed E-state index contributed by atoms with van der Waals surface area (Å²) >= 11 is 0. The second-order valence-corrected chi connectivity index (χ2v) is 3.84. The number of aromatic carboxylic acids is 1. The largest absolute Gasteiger partial charge is 0.486 e. The summed E-state index contributed by atoms with van der Waals surface area (Å²) in [6, 6.07) is 4.64. The molecule has 1 heterocycles. The van der Waals surface area contributed by atoms with Crippen molar-refractivity contribution < 1.29 is 14.6 Å². The van der Waals surface area contributed by atoms with Gasteiger partial charge in [0.1, 0.15) is 12.2 Å². The molecule has 0 aliphatic heterocycles. The molecule has 1 aromatic carbocycles. The Bertz CT molecular complexity index is 578. The number of aromatic nitrogens is 2. The van der Waals surface area contributed by atoms with E-state index < -0.39 is 5.97 Å². The van der Waals surface area contributed by atoms with Gasteiger partial charge in [0.2, 0.25) is 0 Å². The first-order valence-electron chi connectivity index (χ1n) is 5.30. The number of nitrogen functional groups attached to an aromatic ring is 1. The third kappa shape index (κ3) is 2.42. The molecule has 0 fully saturated rings. The van der Waals surface area contributed by atoms with E-state index >= 15 is 0 Å². The molecule has 6 nitrogen and oxygen atoms in total. The van der Waals surface area contributed by atoms with Crippen molar-refractivity contribution in [1.29, 1.82) is 0 Å². The number of rotatable bonds is 4. The van der Waals surface area contributed by atoms with Gasteiger partial charge in [-0.25, -0.2) is 4.79 Å². The van der Waals surface area contributed by atoms with E-state index in [2.05, 4.69) is 5.10 Å². The Morgan fingerprint density at radius 2 is 2.33 bits per heavy atom. The number of nitrogens with zero attached hydrogens (tertiary/aromatic N) is 2. The molecule has 0 spiro atoms. The molecule has 3 N–H and O–H groups in total. The summed E-state index contributed by atoms with van der Waals surface area (Å²) in [6.07, 6.45) is 3.44. The molecule has 0 bridgehead atoms. The fourth-order valence-electron chi connectivity index (χ4n) is 1.59. The highest BCUT2D eigenvalue weighted by Gasteiger charge is 2.14. The highest BCUT2D eigenvalue weighted by Crippen LogP contribution is 2.27. The Morgan fingerprint density at radius 3 is 2.94 bits per heavy atom. The average Bonchev–Trinajstić information content (AvgIpc) is 2.73. The number of carbonyl (C=O) groups is 1. The van der Waals surface area contributed by atoms with E-state index in [1.165, 1.54) is 6.07 Å². The second kappa shape index (κ2) is 4.79. The standard InChI is InChI=1S/C12H13N3O3/c1-15-6-8(5-14-15)7-18-11-9(12(16)17)3-2-4-10(11)13/h2-6H,7,13H2,1H3,(H,16,17). The number of ether oxygens (including phenoxy) is 1. The molecule has 2 rings (SSSR count). The van der Waals surface area contributed by atoms with Crippen molar-refractivity contribution in [1.82, 2.24) is 9.78 Å². The predicted molar refractivity (Wildman–Crippen MR) is 65.4 cm³/mol. The molecule has 18 heavy (non-hydrogen) atoms. The van der Waals surface area contributed by atoms with Gasteiger partial charge in [-0.15, -0.1) is 0 Å². The molecule has 0 saturated heterocycles. The number of benzene rings is 1. The van der Waals surface area contributed by atoms with Gasteiger partial charge < -0.3 is 15.6 Å². The molecule has 1 aromatic heterocycles. The fraction of sp³-hybridized carbons (Fsp3) is 0.167. The van der Waals surface area contributed by atoms with E-state index in [1.807, 2.05) is 0 Å². The van der Waals surface area contributed by atoms with Crippen LogP contribution in [-0.4, -0.2) is 20.9 Å². The number of aryl methyl sites for hydroxylation is 1. The van der Waals surface area contributed by atoms with Crippen LogP contribution in [-0.2, 0) is 13.7 Å². The van der Waals surface area contributed by atoms with Gasteiger partial charge in [0.25, 0.3) is 0 Å². The normalized spacial score (nSPS) is 10.3. The van der Waals surface area contributed by atoms with Crippen LogP contribution in [0.5, 0.6) is 5.75 Å². The first-order valence-corrected chi connectivity index (χ1v) is 5.30. The third-order valence-corrected chi connectivity index (χ3v) is 2.42. The monoisotopic (exact) mass is 247 g/mol. The van der Waals surface area contributed by atoms with Crippen molar-refractivity contribution >= 4 is 11.7 Å². The van der Waals surface area contributed by atoms with E-state index in [4.69, 9.17) is 15.6 Å². The summed E-state index contributed by atoms with van der Waals surface area (Å²) in [4.78, 5) is 11.0. The van der Waals surface area contributed by atoms with Gasteiger partial charge in [-0.05, 0) is 12.1 Å². The molecule has 0 unspecified atom stereocenters. The van der Waals surface area contributed by atoms with Crippen molar-refractivity contribution in [3.63, 3.8) is 0 Å². The van der Waals surface area contributed by atoms with E-state index in [0.717, 1.165) is 5.56 Å². The first-order chi connectivity index (χ1) is 8.58. The van der Waals surface area contributed by atoms with Gasteiger partial charge in [-0.1, -0.05) is 6.07 Å². The molecule has 0 radical (unpaired) electrons. The average molecular weight is 247 g/mol. The van der Waals surface area contributed by atoms with Crippen LogP contribution in [0.15, 0.2) is 30.6 Å². The molecular weight excluding hydrogens is 234 g/mol. The number of carboxylic acid groups (broad SMARTS) is 1. The maximum atomic E-state index is 11.0. The SMILES string of the molecule is Cn1cc(COc2c(N)cccc2C(=O)O)cn1. The van der Waals surface area contributed by atoms with E-state index in [-0.39, 0.29) is 17.9 Å². The third-order valence-electron chi connectivity index (χ3n) is 2.42. The van der Waals surface area contributed by atoms with Crippen molar-refractivity contribution in [3.05, 3.63) is 41.7 Å². The molecule has 0 amide bonds. The molecule has 0 aliphatic rings. The Morgan fingerprint density at radius 1 is 1.56 bits per heavy atom. The van der Waals surface area contributed by atoms with Gasteiger partial charge in [-0.3, -0.25) is 4.68 Å². The van der Waals surface area contributed by atoms with Crippen LogP contribution >= 0.6 is 0 Å². The molecule has 6 heteroatoms. The summed E-state index contributed by atoms with van der Waals surface area (Å²) in [7, 11) is 1.79. The van der Waals surface area contributed by atoms with Crippen molar-refractivity contribution in [2.45, 2.75) is 6.61 Å². The Hall–Kier alpha value is -2.50. The van der Waals surface area contributed by atoms with Crippen molar-refractivity contribution in [2.75, 3.05) is 5.73 Å². The van der Waals surface area contributed by atoms with Crippen LogP contribution in [0.3, 0.4) is 0 Å². The van der Waals surface area contributed by atoms with E-state index in [1.54, 1.807) is 36.3 Å². The number of para-hydroxylation sites is 1. The second-order valence-electron chi connectivity index (χ2n) is 3.84. The molecule has 2 aromatic rings. The van der Waals surface area contributed by atoms with E-state index in [9.17, 15) is 4.79 Å². The van der Waals surface area contributed by atoms with Crippen LogP contribution in [0.1, 0.15) is 15.9 Å². The smallest absolute Gasteiger partial charge is 0.339 e.